The quantitative estimate of drug-likeness (QED) is 0.685. The summed E-state index contributed by atoms with van der Waals surface area (Å²) in [6.45, 7) is 0. The van der Waals surface area contributed by atoms with Gasteiger partial charge in [-0.2, -0.15) is 0 Å². The molecule has 0 aliphatic carbocycles. The minimum atomic E-state index is -0.285. The fraction of sp³-hybridized carbons (Fsp3) is 0.0556. The van der Waals surface area contributed by atoms with E-state index >= 15 is 0 Å². The molecule has 4 nitrogen and oxygen atoms in total. The van der Waals surface area contributed by atoms with Gasteiger partial charge in [0.2, 0.25) is 0 Å². The van der Waals surface area contributed by atoms with Crippen LogP contribution in [0.2, 0.25) is 5.02 Å². The summed E-state index contributed by atoms with van der Waals surface area (Å²) >= 11 is 7.67. The van der Waals surface area contributed by atoms with Gasteiger partial charge in [0.25, 0.3) is 5.91 Å². The Balaban J connectivity index is 1.78. The molecule has 120 valence electrons. The molecular formula is C18H14ClN3OS. The molecule has 0 fully saturated rings. The van der Waals surface area contributed by atoms with Crippen LogP contribution < -0.4 is 5.32 Å². The van der Waals surface area contributed by atoms with Crippen LogP contribution in [0.5, 0.6) is 0 Å². The molecule has 0 aliphatic heterocycles. The van der Waals surface area contributed by atoms with Gasteiger partial charge in [-0.25, -0.2) is 9.97 Å². The lowest BCUT2D eigenvalue weighted by Gasteiger charge is -2.08. The van der Waals surface area contributed by atoms with Crippen molar-refractivity contribution in [2.45, 2.75) is 4.90 Å². The molecular weight excluding hydrogens is 342 g/mol. The normalized spacial score (nSPS) is 10.4. The van der Waals surface area contributed by atoms with Gasteiger partial charge in [0, 0.05) is 10.5 Å². The van der Waals surface area contributed by atoms with Gasteiger partial charge in [0.1, 0.15) is 0 Å². The van der Waals surface area contributed by atoms with Crippen molar-refractivity contribution in [2.75, 3.05) is 11.6 Å². The molecule has 0 radical (unpaired) electrons. The first-order valence-corrected chi connectivity index (χ1v) is 8.80. The Morgan fingerprint density at radius 2 is 1.79 bits per heavy atom. The summed E-state index contributed by atoms with van der Waals surface area (Å²) in [5.74, 6) is 0.322. The number of nitrogens with one attached hydrogen (secondary N) is 1. The van der Waals surface area contributed by atoms with Gasteiger partial charge in [-0.3, -0.25) is 4.79 Å². The van der Waals surface area contributed by atoms with Crippen molar-refractivity contribution in [3.8, 4) is 11.4 Å². The van der Waals surface area contributed by atoms with Crippen molar-refractivity contribution in [1.82, 2.24) is 9.97 Å². The number of thioether (sulfide) groups is 1. The number of amides is 1. The van der Waals surface area contributed by atoms with E-state index in [1.54, 1.807) is 36.3 Å². The van der Waals surface area contributed by atoms with E-state index < -0.39 is 0 Å². The van der Waals surface area contributed by atoms with Gasteiger partial charge >= 0.3 is 0 Å². The Labute approximate surface area is 149 Å². The number of hydrogen-bond donors (Lipinski definition) is 1. The summed E-state index contributed by atoms with van der Waals surface area (Å²) in [4.78, 5) is 21.9. The number of carbonyl (C=O) groups excluding carboxylic acids is 1. The molecule has 2 aromatic carbocycles. The van der Waals surface area contributed by atoms with Crippen LogP contribution in [0.25, 0.3) is 11.4 Å². The predicted octanol–water partition coefficient (Wildman–Crippen LogP) is 4.77. The lowest BCUT2D eigenvalue weighted by molar-refractivity contribution is 0.102. The van der Waals surface area contributed by atoms with Gasteiger partial charge < -0.3 is 5.32 Å². The first-order valence-electron chi connectivity index (χ1n) is 7.20. The summed E-state index contributed by atoms with van der Waals surface area (Å²) < 4.78 is 0. The van der Waals surface area contributed by atoms with Crippen molar-refractivity contribution in [1.29, 1.82) is 0 Å². The first kappa shape index (κ1) is 16.5. The van der Waals surface area contributed by atoms with E-state index in [0.29, 0.717) is 22.1 Å². The standard InChI is InChI=1S/C18H14ClN3OS/c1-24-14-7-8-16(19)15(9-14)18(23)22-13-10-20-17(21-11-13)12-5-3-2-4-6-12/h2-11H,1H3,(H,22,23). The number of carbonyl (C=O) groups is 1. The third kappa shape index (κ3) is 3.75. The number of benzene rings is 2. The molecule has 24 heavy (non-hydrogen) atoms. The minimum absolute atomic E-state index is 0.285. The largest absolute Gasteiger partial charge is 0.319 e. The molecule has 3 aromatic rings. The molecule has 0 saturated heterocycles. The Morgan fingerprint density at radius 1 is 1.08 bits per heavy atom. The Morgan fingerprint density at radius 3 is 2.46 bits per heavy atom. The molecule has 0 atom stereocenters. The number of hydrogen-bond acceptors (Lipinski definition) is 4. The second-order valence-corrected chi connectivity index (χ2v) is 6.25. The monoisotopic (exact) mass is 355 g/mol. The second kappa shape index (κ2) is 7.47. The molecule has 1 N–H and O–H groups in total. The molecule has 1 amide bonds. The Bertz CT molecular complexity index is 854. The van der Waals surface area contributed by atoms with Crippen LogP contribution in [0, 0.1) is 0 Å². The van der Waals surface area contributed by atoms with Crippen LogP contribution in [0.3, 0.4) is 0 Å². The predicted molar refractivity (Wildman–Crippen MR) is 98.7 cm³/mol. The van der Waals surface area contributed by atoms with Crippen LogP contribution in [0.15, 0.2) is 65.8 Å². The molecule has 0 saturated carbocycles. The van der Waals surface area contributed by atoms with Crippen LogP contribution >= 0.6 is 23.4 Å². The lowest BCUT2D eigenvalue weighted by Crippen LogP contribution is -2.13. The van der Waals surface area contributed by atoms with Crippen LogP contribution in [0.4, 0.5) is 5.69 Å². The second-order valence-electron chi connectivity index (χ2n) is 4.96. The maximum absolute atomic E-state index is 12.4. The van der Waals surface area contributed by atoms with Crippen LogP contribution in [0.1, 0.15) is 10.4 Å². The van der Waals surface area contributed by atoms with E-state index in [4.69, 9.17) is 11.6 Å². The highest BCUT2D eigenvalue weighted by atomic mass is 35.5. The lowest BCUT2D eigenvalue weighted by atomic mass is 10.2. The summed E-state index contributed by atoms with van der Waals surface area (Å²) in [5.41, 5.74) is 1.87. The molecule has 0 unspecified atom stereocenters. The maximum Gasteiger partial charge on any atom is 0.257 e. The Kier molecular flexibility index (Phi) is 5.13. The average Bonchev–Trinajstić information content (AvgIpc) is 2.63. The third-order valence-electron chi connectivity index (χ3n) is 3.36. The van der Waals surface area contributed by atoms with Crippen molar-refractivity contribution in [3.63, 3.8) is 0 Å². The zero-order valence-corrected chi connectivity index (χ0v) is 14.4. The molecule has 0 bridgehead atoms. The van der Waals surface area contributed by atoms with Crippen molar-refractivity contribution >= 4 is 35.0 Å². The fourth-order valence-corrected chi connectivity index (χ4v) is 2.78. The van der Waals surface area contributed by atoms with E-state index in [9.17, 15) is 4.79 Å². The SMILES string of the molecule is CSc1ccc(Cl)c(C(=O)Nc2cnc(-c3ccccc3)nc2)c1. The fourth-order valence-electron chi connectivity index (χ4n) is 2.13. The maximum atomic E-state index is 12.4. The topological polar surface area (TPSA) is 54.9 Å². The summed E-state index contributed by atoms with van der Waals surface area (Å²) in [5, 5.41) is 3.18. The van der Waals surface area contributed by atoms with E-state index in [2.05, 4.69) is 15.3 Å². The zero-order valence-electron chi connectivity index (χ0n) is 12.9. The zero-order chi connectivity index (χ0) is 16.9. The van der Waals surface area contributed by atoms with Crippen molar-refractivity contribution < 1.29 is 4.79 Å². The van der Waals surface area contributed by atoms with E-state index in [1.807, 2.05) is 42.7 Å². The molecule has 0 spiro atoms. The third-order valence-corrected chi connectivity index (χ3v) is 4.41. The van der Waals surface area contributed by atoms with Crippen molar-refractivity contribution in [2.24, 2.45) is 0 Å². The van der Waals surface area contributed by atoms with E-state index in [0.717, 1.165) is 10.5 Å². The average molecular weight is 356 g/mol. The molecule has 3 rings (SSSR count). The van der Waals surface area contributed by atoms with E-state index in [-0.39, 0.29) is 5.91 Å². The van der Waals surface area contributed by atoms with Crippen molar-refractivity contribution in [3.05, 3.63) is 71.5 Å². The summed E-state index contributed by atoms with van der Waals surface area (Å²) in [7, 11) is 0. The highest BCUT2D eigenvalue weighted by Gasteiger charge is 2.12. The van der Waals surface area contributed by atoms with Crippen LogP contribution in [-0.4, -0.2) is 22.1 Å². The smallest absolute Gasteiger partial charge is 0.257 e. The summed E-state index contributed by atoms with van der Waals surface area (Å²) in [6, 6.07) is 15.0. The summed E-state index contributed by atoms with van der Waals surface area (Å²) in [6.07, 6.45) is 5.11. The highest BCUT2D eigenvalue weighted by molar-refractivity contribution is 7.98. The molecule has 1 aromatic heterocycles. The molecule has 1 heterocycles. The minimum Gasteiger partial charge on any atom is -0.319 e. The first-order chi connectivity index (χ1) is 11.7. The molecule has 6 heteroatoms. The van der Waals surface area contributed by atoms with Gasteiger partial charge in [-0.1, -0.05) is 41.9 Å². The highest BCUT2D eigenvalue weighted by Crippen LogP contribution is 2.24. The number of rotatable bonds is 4. The van der Waals surface area contributed by atoms with Crippen LogP contribution in [-0.2, 0) is 0 Å². The number of aromatic nitrogens is 2. The Hall–Kier alpha value is -2.37. The van der Waals surface area contributed by atoms with Gasteiger partial charge in [0.15, 0.2) is 5.82 Å². The number of halogens is 1. The van der Waals surface area contributed by atoms with Gasteiger partial charge in [0.05, 0.1) is 28.7 Å². The number of nitrogens with zero attached hydrogens (tertiary/aromatic N) is 2. The van der Waals surface area contributed by atoms with Gasteiger partial charge in [-0.05, 0) is 24.5 Å². The van der Waals surface area contributed by atoms with E-state index in [1.165, 1.54) is 0 Å². The number of anilines is 1. The van der Waals surface area contributed by atoms with Gasteiger partial charge in [-0.15, -0.1) is 11.8 Å². The molecule has 0 aliphatic rings.